The number of carbonyl (C=O) groups excluding carboxylic acids is 3. The van der Waals surface area contributed by atoms with Crippen LogP contribution in [0.4, 0.5) is 9.59 Å². The van der Waals surface area contributed by atoms with E-state index in [1.54, 1.807) is 41.5 Å². The molecule has 2 atom stereocenters. The maximum Gasteiger partial charge on any atom is 0.408 e. The third kappa shape index (κ3) is 14.3. The third-order valence-electron chi connectivity index (χ3n) is 3.60. The van der Waals surface area contributed by atoms with Gasteiger partial charge in [0.05, 0.1) is 12.0 Å². The summed E-state index contributed by atoms with van der Waals surface area (Å²) < 4.78 is 10.3. The summed E-state index contributed by atoms with van der Waals surface area (Å²) in [5.74, 6) is -2.29. The number of carbonyl (C=O) groups is 4. The number of ether oxygens (including phenoxy) is 2. The van der Waals surface area contributed by atoms with Crippen LogP contribution in [0.25, 0.3) is 0 Å². The number of aliphatic carboxylic acids is 1. The maximum atomic E-state index is 12.5. The van der Waals surface area contributed by atoms with E-state index in [-0.39, 0.29) is 12.2 Å². The molecule has 0 saturated carbocycles. The molecule has 9 heteroatoms. The van der Waals surface area contributed by atoms with Gasteiger partial charge in [0.1, 0.15) is 11.2 Å². The summed E-state index contributed by atoms with van der Waals surface area (Å²) in [6.07, 6.45) is -0.0402. The highest BCUT2D eigenvalue weighted by molar-refractivity contribution is 5.90. The van der Waals surface area contributed by atoms with Gasteiger partial charge in [0, 0.05) is 13.0 Å². The number of hydrogen-bond acceptors (Lipinski definition) is 6. The van der Waals surface area contributed by atoms with E-state index in [2.05, 4.69) is 10.6 Å². The van der Waals surface area contributed by atoms with Gasteiger partial charge in [-0.2, -0.15) is 0 Å². The predicted molar refractivity (Wildman–Crippen MR) is 108 cm³/mol. The lowest BCUT2D eigenvalue weighted by Crippen LogP contribution is -2.44. The first-order valence-electron chi connectivity index (χ1n) is 9.82. The molecule has 0 radical (unpaired) electrons. The number of amides is 2. The molecule has 0 aromatic carbocycles. The van der Waals surface area contributed by atoms with Crippen LogP contribution in [0, 0.1) is 5.92 Å². The van der Waals surface area contributed by atoms with Crippen LogP contribution < -0.4 is 10.6 Å². The first-order chi connectivity index (χ1) is 13.1. The van der Waals surface area contributed by atoms with E-state index >= 15 is 0 Å². The second-order valence-corrected chi connectivity index (χ2v) is 9.03. The van der Waals surface area contributed by atoms with E-state index in [9.17, 15) is 19.2 Å². The maximum absolute atomic E-state index is 12.5. The molecule has 0 aliphatic heterocycles. The number of nitrogens with one attached hydrogen (secondary N) is 2. The van der Waals surface area contributed by atoms with Crippen molar-refractivity contribution in [1.29, 1.82) is 0 Å². The standard InChI is InChI=1S/C20H36N2O7/c1-13(16(24)25)12-15(23)14(22-18(27)29-20(5,6)7)10-8-9-11-21-17(26)28-19(2,3)4/h13-14H,8-12H2,1-7H3,(H,21,26)(H,22,27)(H,24,25)/t13-,14+/m1/s1. The zero-order valence-corrected chi connectivity index (χ0v) is 18.6. The average molecular weight is 417 g/mol. The highest BCUT2D eigenvalue weighted by atomic mass is 16.6. The third-order valence-corrected chi connectivity index (χ3v) is 3.60. The summed E-state index contributed by atoms with van der Waals surface area (Å²) in [4.78, 5) is 47.1. The van der Waals surface area contributed by atoms with Crippen molar-refractivity contribution in [3.8, 4) is 0 Å². The van der Waals surface area contributed by atoms with Crippen molar-refractivity contribution in [3.63, 3.8) is 0 Å². The normalized spacial score (nSPS) is 13.8. The van der Waals surface area contributed by atoms with E-state index < -0.39 is 41.3 Å². The highest BCUT2D eigenvalue weighted by Gasteiger charge is 2.26. The number of unbranched alkanes of at least 4 members (excludes halogenated alkanes) is 1. The van der Waals surface area contributed by atoms with Gasteiger partial charge in [-0.3, -0.25) is 9.59 Å². The molecule has 9 nitrogen and oxygen atoms in total. The molecule has 2 amide bonds. The largest absolute Gasteiger partial charge is 0.481 e. The fourth-order valence-electron chi connectivity index (χ4n) is 2.27. The van der Waals surface area contributed by atoms with Crippen molar-refractivity contribution in [3.05, 3.63) is 0 Å². The summed E-state index contributed by atoms with van der Waals surface area (Å²) in [6, 6.07) is -0.854. The molecule has 0 fully saturated rings. The first-order valence-corrected chi connectivity index (χ1v) is 9.82. The van der Waals surface area contributed by atoms with Crippen LogP contribution in [0.3, 0.4) is 0 Å². The molecule has 3 N–H and O–H groups in total. The van der Waals surface area contributed by atoms with Gasteiger partial charge in [0.25, 0.3) is 0 Å². The van der Waals surface area contributed by atoms with E-state index in [1.807, 2.05) is 0 Å². The smallest absolute Gasteiger partial charge is 0.408 e. The van der Waals surface area contributed by atoms with Gasteiger partial charge >= 0.3 is 18.2 Å². The van der Waals surface area contributed by atoms with Gasteiger partial charge in [0.2, 0.25) is 0 Å². The monoisotopic (exact) mass is 416 g/mol. The summed E-state index contributed by atoms with van der Waals surface area (Å²) in [7, 11) is 0. The Morgan fingerprint density at radius 3 is 1.90 bits per heavy atom. The van der Waals surface area contributed by atoms with Gasteiger partial charge in [0.15, 0.2) is 5.78 Å². The molecule has 0 unspecified atom stereocenters. The van der Waals surface area contributed by atoms with Gasteiger partial charge in [-0.05, 0) is 60.8 Å². The second kappa shape index (κ2) is 11.6. The number of Topliss-reactive ketones (excluding diaryl/α,β-unsaturated/α-hetero) is 1. The summed E-state index contributed by atoms with van der Waals surface area (Å²) >= 11 is 0. The van der Waals surface area contributed by atoms with Crippen molar-refractivity contribution >= 4 is 23.9 Å². The number of ketones is 1. The summed E-state index contributed by atoms with van der Waals surface area (Å²) in [5.41, 5.74) is -1.30. The average Bonchev–Trinajstić information content (AvgIpc) is 2.49. The number of hydrogen-bond donors (Lipinski definition) is 3. The molecule has 0 aliphatic rings. The molecule has 0 heterocycles. The Bertz CT molecular complexity index is 576. The van der Waals surface area contributed by atoms with Crippen LogP contribution in [0.2, 0.25) is 0 Å². The minimum atomic E-state index is -1.07. The Kier molecular flexibility index (Phi) is 10.7. The lowest BCUT2D eigenvalue weighted by Gasteiger charge is -2.23. The fraction of sp³-hybridized carbons (Fsp3) is 0.800. The Balaban J connectivity index is 4.66. The molecule has 0 rings (SSSR count). The number of carboxylic acids is 1. The second-order valence-electron chi connectivity index (χ2n) is 9.03. The van der Waals surface area contributed by atoms with Crippen molar-refractivity contribution in [2.75, 3.05) is 6.54 Å². The number of carboxylic acid groups (broad SMARTS) is 1. The Morgan fingerprint density at radius 2 is 1.41 bits per heavy atom. The molecule has 0 bridgehead atoms. The van der Waals surface area contributed by atoms with Crippen molar-refractivity contribution < 1.29 is 33.8 Å². The van der Waals surface area contributed by atoms with Gasteiger partial charge < -0.3 is 25.2 Å². The molecular weight excluding hydrogens is 380 g/mol. The van der Waals surface area contributed by atoms with E-state index in [0.29, 0.717) is 25.8 Å². The number of alkyl carbamates (subject to hydrolysis) is 2. The molecule has 168 valence electrons. The van der Waals surface area contributed by atoms with Crippen LogP contribution in [0.5, 0.6) is 0 Å². The van der Waals surface area contributed by atoms with Crippen LogP contribution in [0.1, 0.15) is 74.1 Å². The lowest BCUT2D eigenvalue weighted by molar-refractivity contribution is -0.143. The van der Waals surface area contributed by atoms with Crippen LogP contribution in [-0.2, 0) is 19.1 Å². The Labute approximate surface area is 172 Å². The van der Waals surface area contributed by atoms with Gasteiger partial charge in [-0.25, -0.2) is 9.59 Å². The molecule has 0 saturated heterocycles. The number of rotatable bonds is 10. The van der Waals surface area contributed by atoms with Crippen molar-refractivity contribution in [1.82, 2.24) is 10.6 Å². The van der Waals surface area contributed by atoms with Gasteiger partial charge in [-0.15, -0.1) is 0 Å². The molecule has 0 aromatic heterocycles. The van der Waals surface area contributed by atoms with E-state index in [0.717, 1.165) is 0 Å². The Morgan fingerprint density at radius 1 is 0.897 bits per heavy atom. The quantitative estimate of drug-likeness (QED) is 0.466. The Hall–Kier alpha value is -2.32. The zero-order chi connectivity index (χ0) is 22.8. The highest BCUT2D eigenvalue weighted by Crippen LogP contribution is 2.12. The zero-order valence-electron chi connectivity index (χ0n) is 18.6. The summed E-state index contributed by atoms with van der Waals surface area (Å²) in [6.45, 7) is 12.2. The first kappa shape index (κ1) is 26.7. The van der Waals surface area contributed by atoms with Crippen LogP contribution >= 0.6 is 0 Å². The summed E-state index contributed by atoms with van der Waals surface area (Å²) in [5, 5.41) is 14.2. The van der Waals surface area contributed by atoms with E-state index in [1.165, 1.54) is 6.92 Å². The van der Waals surface area contributed by atoms with Crippen molar-refractivity contribution in [2.45, 2.75) is 91.4 Å². The van der Waals surface area contributed by atoms with Gasteiger partial charge in [-0.1, -0.05) is 6.92 Å². The molecule has 29 heavy (non-hydrogen) atoms. The lowest BCUT2D eigenvalue weighted by atomic mass is 9.97. The van der Waals surface area contributed by atoms with Crippen molar-refractivity contribution in [2.24, 2.45) is 5.92 Å². The molecule has 0 aliphatic carbocycles. The van der Waals surface area contributed by atoms with E-state index in [4.69, 9.17) is 14.6 Å². The molecule has 0 spiro atoms. The predicted octanol–water partition coefficient (Wildman–Crippen LogP) is 3.25. The minimum Gasteiger partial charge on any atom is -0.481 e. The minimum absolute atomic E-state index is 0.189. The molecule has 0 aromatic rings. The fourth-order valence-corrected chi connectivity index (χ4v) is 2.27. The SMILES string of the molecule is C[C@H](CC(=O)[C@H](CCCCNC(=O)OC(C)(C)C)NC(=O)OC(C)(C)C)C(=O)O. The topological polar surface area (TPSA) is 131 Å². The van der Waals surface area contributed by atoms with Crippen LogP contribution in [0.15, 0.2) is 0 Å². The van der Waals surface area contributed by atoms with Crippen LogP contribution in [-0.4, -0.2) is 52.8 Å². The molecular formula is C20H36N2O7.